The van der Waals surface area contributed by atoms with Crippen molar-refractivity contribution < 1.29 is 18.9 Å². The van der Waals surface area contributed by atoms with Gasteiger partial charge < -0.3 is 24.3 Å². The van der Waals surface area contributed by atoms with Crippen LogP contribution in [0.2, 0.25) is 0 Å². The summed E-state index contributed by atoms with van der Waals surface area (Å²) in [5.41, 5.74) is 0. The lowest BCUT2D eigenvalue weighted by Gasteiger charge is -2.35. The first-order valence-electron chi connectivity index (χ1n) is 8.57. The number of ether oxygens (including phenoxy) is 4. The smallest absolute Gasteiger partial charge is 0.168 e. The molecule has 2 saturated heterocycles. The average Bonchev–Trinajstić information content (AvgIpc) is 3.17. The molecule has 5 nitrogen and oxygen atoms in total. The van der Waals surface area contributed by atoms with Gasteiger partial charge in [0.2, 0.25) is 0 Å². The van der Waals surface area contributed by atoms with Gasteiger partial charge in [-0.2, -0.15) is 0 Å². The second-order valence-corrected chi connectivity index (χ2v) is 6.40. The van der Waals surface area contributed by atoms with Crippen LogP contribution in [0, 0.1) is 0 Å². The maximum atomic E-state index is 5.75. The highest BCUT2D eigenvalue weighted by Gasteiger charge is 2.39. The lowest BCUT2D eigenvalue weighted by Crippen LogP contribution is -2.42. The fourth-order valence-electron chi connectivity index (χ4n) is 3.52. The Bertz CT molecular complexity index is 291. The third-order valence-corrected chi connectivity index (χ3v) is 4.79. The van der Waals surface area contributed by atoms with Crippen molar-refractivity contribution in [3.8, 4) is 0 Å². The van der Waals surface area contributed by atoms with Crippen LogP contribution in [0.4, 0.5) is 0 Å². The lowest BCUT2D eigenvalue weighted by atomic mass is 9.90. The molecule has 21 heavy (non-hydrogen) atoms. The zero-order chi connectivity index (χ0) is 14.4. The molecular formula is C16H29NO4. The fourth-order valence-corrected chi connectivity index (χ4v) is 3.52. The Kier molecular flexibility index (Phi) is 5.89. The zero-order valence-electron chi connectivity index (χ0n) is 13.0. The van der Waals surface area contributed by atoms with E-state index in [1.165, 1.54) is 6.42 Å². The quantitative estimate of drug-likeness (QED) is 0.727. The Morgan fingerprint density at radius 1 is 1.05 bits per heavy atom. The molecule has 1 saturated carbocycles. The highest BCUT2D eigenvalue weighted by atomic mass is 16.7. The summed E-state index contributed by atoms with van der Waals surface area (Å²) >= 11 is 0. The van der Waals surface area contributed by atoms with Crippen molar-refractivity contribution in [1.29, 1.82) is 0 Å². The summed E-state index contributed by atoms with van der Waals surface area (Å²) in [6.07, 6.45) is 8.12. The first-order valence-corrected chi connectivity index (χ1v) is 8.57. The molecule has 3 rings (SSSR count). The van der Waals surface area contributed by atoms with E-state index >= 15 is 0 Å². The van der Waals surface area contributed by atoms with Gasteiger partial charge in [0.25, 0.3) is 0 Å². The summed E-state index contributed by atoms with van der Waals surface area (Å²) in [4.78, 5) is 0. The molecule has 2 heterocycles. The van der Waals surface area contributed by atoms with Crippen LogP contribution in [-0.4, -0.2) is 57.5 Å². The third-order valence-electron chi connectivity index (χ3n) is 4.79. The Balaban J connectivity index is 1.19. The molecule has 1 spiro atoms. The second-order valence-electron chi connectivity index (χ2n) is 6.40. The van der Waals surface area contributed by atoms with E-state index in [4.69, 9.17) is 18.9 Å². The first kappa shape index (κ1) is 15.7. The molecule has 3 aliphatic rings. The predicted molar refractivity (Wildman–Crippen MR) is 79.3 cm³/mol. The summed E-state index contributed by atoms with van der Waals surface area (Å²) in [7, 11) is 0. The summed E-state index contributed by atoms with van der Waals surface area (Å²) in [5, 5.41) is 3.63. The van der Waals surface area contributed by atoms with Crippen LogP contribution in [0.15, 0.2) is 0 Å². The Morgan fingerprint density at radius 3 is 2.57 bits per heavy atom. The van der Waals surface area contributed by atoms with Crippen molar-refractivity contribution >= 4 is 0 Å². The SMILES string of the molecule is C(CNC1CCC2(CC1)OCCO2)COCC1CCCO1. The van der Waals surface area contributed by atoms with Crippen molar-refractivity contribution in [2.45, 2.75) is 62.9 Å². The van der Waals surface area contributed by atoms with Crippen molar-refractivity contribution in [3.63, 3.8) is 0 Å². The first-order chi connectivity index (χ1) is 10.4. The maximum absolute atomic E-state index is 5.75. The minimum absolute atomic E-state index is 0.234. The molecule has 5 heteroatoms. The molecule has 0 amide bonds. The molecule has 1 N–H and O–H groups in total. The predicted octanol–water partition coefficient (Wildman–Crippen LogP) is 1.85. The van der Waals surface area contributed by atoms with E-state index in [1.807, 2.05) is 0 Å². The van der Waals surface area contributed by atoms with Crippen LogP contribution in [-0.2, 0) is 18.9 Å². The average molecular weight is 299 g/mol. The van der Waals surface area contributed by atoms with Crippen LogP contribution >= 0.6 is 0 Å². The van der Waals surface area contributed by atoms with Crippen molar-refractivity contribution in [1.82, 2.24) is 5.32 Å². The molecule has 0 radical (unpaired) electrons. The van der Waals surface area contributed by atoms with Crippen LogP contribution in [0.1, 0.15) is 44.9 Å². The van der Waals surface area contributed by atoms with Crippen molar-refractivity contribution in [2.24, 2.45) is 0 Å². The van der Waals surface area contributed by atoms with E-state index in [1.54, 1.807) is 0 Å². The van der Waals surface area contributed by atoms with Gasteiger partial charge in [-0.15, -0.1) is 0 Å². The molecule has 122 valence electrons. The number of hydrogen-bond acceptors (Lipinski definition) is 5. The van der Waals surface area contributed by atoms with Gasteiger partial charge in [-0.1, -0.05) is 0 Å². The maximum Gasteiger partial charge on any atom is 0.168 e. The zero-order valence-corrected chi connectivity index (χ0v) is 13.0. The van der Waals surface area contributed by atoms with Gasteiger partial charge in [-0.05, 0) is 38.6 Å². The van der Waals surface area contributed by atoms with Gasteiger partial charge in [-0.3, -0.25) is 0 Å². The number of hydrogen-bond donors (Lipinski definition) is 1. The van der Waals surface area contributed by atoms with Crippen molar-refractivity contribution in [3.05, 3.63) is 0 Å². The molecule has 1 aliphatic carbocycles. The van der Waals surface area contributed by atoms with E-state index in [0.29, 0.717) is 12.1 Å². The molecular weight excluding hydrogens is 270 g/mol. The highest BCUT2D eigenvalue weighted by molar-refractivity contribution is 4.85. The molecule has 0 aromatic carbocycles. The monoisotopic (exact) mass is 299 g/mol. The fraction of sp³-hybridized carbons (Fsp3) is 1.00. The second kappa shape index (κ2) is 7.88. The molecule has 3 fully saturated rings. The number of nitrogens with one attached hydrogen (secondary N) is 1. The summed E-state index contributed by atoms with van der Waals surface area (Å²) in [6.45, 7) is 5.06. The third kappa shape index (κ3) is 4.63. The van der Waals surface area contributed by atoms with Crippen LogP contribution in [0.5, 0.6) is 0 Å². The van der Waals surface area contributed by atoms with Gasteiger partial charge in [0.05, 0.1) is 25.9 Å². The van der Waals surface area contributed by atoms with E-state index in [-0.39, 0.29) is 5.79 Å². The molecule has 1 unspecified atom stereocenters. The number of rotatable bonds is 7. The van der Waals surface area contributed by atoms with E-state index in [9.17, 15) is 0 Å². The van der Waals surface area contributed by atoms with E-state index in [2.05, 4.69) is 5.32 Å². The van der Waals surface area contributed by atoms with Crippen LogP contribution in [0.3, 0.4) is 0 Å². The van der Waals surface area contributed by atoms with Crippen LogP contribution < -0.4 is 5.32 Å². The molecule has 0 aromatic heterocycles. The Hall–Kier alpha value is -0.200. The van der Waals surface area contributed by atoms with E-state index < -0.39 is 0 Å². The molecule has 0 bridgehead atoms. The van der Waals surface area contributed by atoms with Gasteiger partial charge in [0.15, 0.2) is 5.79 Å². The summed E-state index contributed by atoms with van der Waals surface area (Å²) < 4.78 is 22.7. The summed E-state index contributed by atoms with van der Waals surface area (Å²) in [6, 6.07) is 0.613. The van der Waals surface area contributed by atoms with Crippen LogP contribution in [0.25, 0.3) is 0 Å². The van der Waals surface area contributed by atoms with Crippen molar-refractivity contribution in [2.75, 3.05) is 39.6 Å². The lowest BCUT2D eigenvalue weighted by molar-refractivity contribution is -0.179. The molecule has 0 aromatic rings. The standard InChI is InChI=1S/C16H29NO4/c1-3-15(19-10-1)13-18-9-2-8-17-14-4-6-16(7-5-14)20-11-12-21-16/h14-15,17H,1-13H2. The van der Waals surface area contributed by atoms with Gasteiger partial charge in [0.1, 0.15) is 0 Å². The highest BCUT2D eigenvalue weighted by Crippen LogP contribution is 2.35. The Labute approximate surface area is 127 Å². The van der Waals surface area contributed by atoms with Gasteiger partial charge in [0, 0.05) is 32.1 Å². The summed E-state index contributed by atoms with van der Waals surface area (Å²) in [5.74, 6) is -0.234. The Morgan fingerprint density at radius 2 is 1.86 bits per heavy atom. The van der Waals surface area contributed by atoms with Gasteiger partial charge >= 0.3 is 0 Å². The van der Waals surface area contributed by atoms with Gasteiger partial charge in [-0.25, -0.2) is 0 Å². The topological polar surface area (TPSA) is 49.0 Å². The molecule has 2 aliphatic heterocycles. The molecule has 1 atom stereocenters. The minimum Gasteiger partial charge on any atom is -0.379 e. The largest absolute Gasteiger partial charge is 0.379 e. The van der Waals surface area contributed by atoms with E-state index in [0.717, 1.165) is 78.1 Å². The normalized spacial score (nSPS) is 29.4. The minimum atomic E-state index is -0.234.